The predicted molar refractivity (Wildman–Crippen MR) is 93.6 cm³/mol. The van der Waals surface area contributed by atoms with Gasteiger partial charge in [-0.25, -0.2) is 0 Å². The van der Waals surface area contributed by atoms with E-state index in [0.29, 0.717) is 23.0 Å². The van der Waals surface area contributed by atoms with Crippen molar-refractivity contribution in [1.29, 1.82) is 0 Å². The molecule has 0 aromatic heterocycles. The van der Waals surface area contributed by atoms with Crippen LogP contribution in [0.5, 0.6) is 11.5 Å². The molecule has 1 fully saturated rings. The molecule has 2 aromatic carbocycles. The van der Waals surface area contributed by atoms with Crippen molar-refractivity contribution < 1.29 is 14.6 Å². The molecule has 3 rings (SSSR count). The molecule has 1 saturated heterocycles. The number of carbonyl (C=O) groups excluding carboxylic acids is 1. The van der Waals surface area contributed by atoms with E-state index in [-0.39, 0.29) is 6.61 Å². The molecular weight excluding hydrogens is 304 g/mol. The second-order valence-corrected chi connectivity index (χ2v) is 6.09. The highest BCUT2D eigenvalue weighted by Gasteiger charge is 2.25. The minimum atomic E-state index is -0.464. The molecule has 24 heavy (non-hydrogen) atoms. The van der Waals surface area contributed by atoms with E-state index in [1.807, 2.05) is 37.3 Å². The number of nitrogens with two attached hydrogens (primary N) is 1. The van der Waals surface area contributed by atoms with Gasteiger partial charge in [0.2, 0.25) is 5.91 Å². The molecular formula is C19H22N2O3. The van der Waals surface area contributed by atoms with Gasteiger partial charge in [0, 0.05) is 36.9 Å². The maximum Gasteiger partial charge on any atom is 0.248 e. The van der Waals surface area contributed by atoms with Gasteiger partial charge in [0.05, 0.1) is 0 Å². The van der Waals surface area contributed by atoms with Crippen molar-refractivity contribution in [1.82, 2.24) is 0 Å². The maximum atomic E-state index is 11.4. The van der Waals surface area contributed by atoms with Crippen molar-refractivity contribution in [2.75, 3.05) is 24.6 Å². The Bertz CT molecular complexity index is 722. The summed E-state index contributed by atoms with van der Waals surface area (Å²) in [6.45, 7) is 4.05. The Morgan fingerprint density at radius 2 is 1.96 bits per heavy atom. The summed E-state index contributed by atoms with van der Waals surface area (Å²) in [6.07, 6.45) is 0.808. The number of anilines is 1. The van der Waals surface area contributed by atoms with Crippen molar-refractivity contribution in [2.24, 2.45) is 11.7 Å². The smallest absolute Gasteiger partial charge is 0.248 e. The first-order valence-corrected chi connectivity index (χ1v) is 8.17. The molecule has 0 bridgehead atoms. The third-order valence-electron chi connectivity index (χ3n) is 4.38. The van der Waals surface area contributed by atoms with Crippen molar-refractivity contribution in [3.05, 3.63) is 53.6 Å². The van der Waals surface area contributed by atoms with Crippen LogP contribution in [-0.4, -0.2) is 30.7 Å². The molecule has 0 atom stereocenters. The number of primary amides is 1. The van der Waals surface area contributed by atoms with Gasteiger partial charge < -0.3 is 20.5 Å². The minimum absolute atomic E-state index is 0.244. The van der Waals surface area contributed by atoms with Crippen LogP contribution in [-0.2, 0) is 6.42 Å². The molecule has 0 unspecified atom stereocenters. The molecule has 0 spiro atoms. The van der Waals surface area contributed by atoms with Crippen molar-refractivity contribution in [2.45, 2.75) is 13.3 Å². The van der Waals surface area contributed by atoms with Crippen LogP contribution in [0.3, 0.4) is 0 Å². The number of aliphatic hydroxyl groups is 1. The first kappa shape index (κ1) is 16.3. The molecule has 1 aliphatic heterocycles. The Morgan fingerprint density at radius 3 is 2.54 bits per heavy atom. The van der Waals surface area contributed by atoms with E-state index >= 15 is 0 Å². The normalized spacial score (nSPS) is 14.3. The summed E-state index contributed by atoms with van der Waals surface area (Å²) in [5, 5.41) is 9.09. The third-order valence-corrected chi connectivity index (χ3v) is 4.38. The predicted octanol–water partition coefficient (Wildman–Crippen LogP) is 2.57. The van der Waals surface area contributed by atoms with Gasteiger partial charge in [-0.1, -0.05) is 13.0 Å². The van der Waals surface area contributed by atoms with Crippen LogP contribution in [0.4, 0.5) is 5.69 Å². The first-order chi connectivity index (χ1) is 11.6. The Morgan fingerprint density at radius 1 is 1.25 bits per heavy atom. The molecule has 5 heteroatoms. The number of benzene rings is 2. The van der Waals surface area contributed by atoms with Gasteiger partial charge in [-0.3, -0.25) is 4.79 Å². The van der Waals surface area contributed by atoms with Crippen molar-refractivity contribution in [3.8, 4) is 11.5 Å². The number of amides is 1. The van der Waals surface area contributed by atoms with E-state index in [9.17, 15) is 4.79 Å². The summed E-state index contributed by atoms with van der Waals surface area (Å²) in [5.74, 6) is 1.29. The highest BCUT2D eigenvalue weighted by atomic mass is 16.5. The van der Waals surface area contributed by atoms with Gasteiger partial charge in [-0.15, -0.1) is 0 Å². The molecule has 1 heterocycles. The molecule has 5 nitrogen and oxygen atoms in total. The topological polar surface area (TPSA) is 75.8 Å². The summed E-state index contributed by atoms with van der Waals surface area (Å²) in [4.78, 5) is 13.6. The van der Waals surface area contributed by atoms with Gasteiger partial charge >= 0.3 is 0 Å². The monoisotopic (exact) mass is 326 g/mol. The Hall–Kier alpha value is -2.53. The van der Waals surface area contributed by atoms with Crippen LogP contribution >= 0.6 is 0 Å². The lowest BCUT2D eigenvalue weighted by atomic mass is 10.0. The maximum absolute atomic E-state index is 11.4. The number of carbonyl (C=O) groups is 1. The van der Waals surface area contributed by atoms with Crippen LogP contribution < -0.4 is 15.4 Å². The van der Waals surface area contributed by atoms with Crippen LogP contribution in [0, 0.1) is 5.92 Å². The lowest BCUT2D eigenvalue weighted by molar-refractivity contribution is 0.1000. The van der Waals surface area contributed by atoms with Gasteiger partial charge in [0.25, 0.3) is 0 Å². The minimum Gasteiger partial charge on any atom is -0.457 e. The zero-order valence-electron chi connectivity index (χ0n) is 13.7. The third kappa shape index (κ3) is 3.36. The van der Waals surface area contributed by atoms with Gasteiger partial charge in [0.1, 0.15) is 11.5 Å². The van der Waals surface area contributed by atoms with Crippen LogP contribution in [0.15, 0.2) is 42.5 Å². The van der Waals surface area contributed by atoms with Crippen molar-refractivity contribution >= 4 is 11.6 Å². The summed E-state index contributed by atoms with van der Waals surface area (Å²) in [5.41, 5.74) is 7.93. The molecule has 0 radical (unpaired) electrons. The van der Waals surface area contributed by atoms with E-state index in [0.717, 1.165) is 30.8 Å². The Balaban J connectivity index is 1.74. The molecule has 3 N–H and O–H groups in total. The quantitative estimate of drug-likeness (QED) is 0.855. The number of aryl methyl sites for hydroxylation is 1. The number of rotatable bonds is 6. The number of aliphatic hydroxyl groups excluding tert-OH is 1. The molecule has 126 valence electrons. The fourth-order valence-corrected chi connectivity index (χ4v) is 2.84. The van der Waals surface area contributed by atoms with Gasteiger partial charge in [0.15, 0.2) is 0 Å². The van der Waals surface area contributed by atoms with Gasteiger partial charge in [-0.2, -0.15) is 0 Å². The Labute approximate surface area is 141 Å². The lowest BCUT2D eigenvalue weighted by Gasteiger charge is -2.40. The van der Waals surface area contributed by atoms with Crippen molar-refractivity contribution in [3.63, 3.8) is 0 Å². The summed E-state index contributed by atoms with van der Waals surface area (Å²) < 4.78 is 5.95. The fraction of sp³-hybridized carbons (Fsp3) is 0.316. The fourth-order valence-electron chi connectivity index (χ4n) is 2.84. The lowest BCUT2D eigenvalue weighted by Crippen LogP contribution is -2.48. The second kappa shape index (κ2) is 6.93. The van der Waals surface area contributed by atoms with E-state index in [1.165, 1.54) is 0 Å². The molecule has 1 aliphatic rings. The van der Waals surface area contributed by atoms with Crippen LogP contribution in [0.25, 0.3) is 0 Å². The van der Waals surface area contributed by atoms with E-state index in [1.54, 1.807) is 12.1 Å². The number of ether oxygens (including phenoxy) is 1. The average Bonchev–Trinajstić information content (AvgIpc) is 2.55. The standard InChI is InChI=1S/C19H22N2O3/c1-2-14-3-4-15(19(20)23)9-18(14)24-17-7-5-16(6-8-17)21-10-13(11-21)12-22/h3-9,13,22H,2,10-12H2,1H3,(H2,20,23). The highest BCUT2D eigenvalue weighted by Crippen LogP contribution is 2.30. The molecule has 2 aromatic rings. The summed E-state index contributed by atoms with van der Waals surface area (Å²) in [6, 6.07) is 13.1. The SMILES string of the molecule is CCc1ccc(C(N)=O)cc1Oc1ccc(N2CC(CO)C2)cc1. The highest BCUT2D eigenvalue weighted by molar-refractivity contribution is 5.93. The van der Waals surface area contributed by atoms with Crippen LogP contribution in [0.1, 0.15) is 22.8 Å². The van der Waals surface area contributed by atoms with E-state index in [4.69, 9.17) is 15.6 Å². The largest absolute Gasteiger partial charge is 0.457 e. The summed E-state index contributed by atoms with van der Waals surface area (Å²) in [7, 11) is 0. The molecule has 1 amide bonds. The van der Waals surface area contributed by atoms with E-state index < -0.39 is 5.91 Å². The summed E-state index contributed by atoms with van der Waals surface area (Å²) >= 11 is 0. The number of hydrogen-bond donors (Lipinski definition) is 2. The first-order valence-electron chi connectivity index (χ1n) is 8.17. The molecule has 0 saturated carbocycles. The average molecular weight is 326 g/mol. The molecule has 0 aliphatic carbocycles. The van der Waals surface area contributed by atoms with Gasteiger partial charge in [-0.05, 0) is 48.4 Å². The Kier molecular flexibility index (Phi) is 4.71. The van der Waals surface area contributed by atoms with Crippen LogP contribution in [0.2, 0.25) is 0 Å². The second-order valence-electron chi connectivity index (χ2n) is 6.09. The zero-order valence-corrected chi connectivity index (χ0v) is 13.7. The zero-order chi connectivity index (χ0) is 17.1. The van der Waals surface area contributed by atoms with E-state index in [2.05, 4.69) is 4.90 Å². The number of hydrogen-bond acceptors (Lipinski definition) is 4. The number of nitrogens with zero attached hydrogens (tertiary/aromatic N) is 1.